The van der Waals surface area contributed by atoms with Crippen molar-refractivity contribution in [3.8, 4) is 0 Å². The molecule has 2 fully saturated rings. The molecule has 0 saturated heterocycles. The lowest BCUT2D eigenvalue weighted by Gasteiger charge is -2.38. The Morgan fingerprint density at radius 2 is 1.74 bits per heavy atom. The van der Waals surface area contributed by atoms with Gasteiger partial charge in [-0.15, -0.1) is 0 Å². The van der Waals surface area contributed by atoms with Gasteiger partial charge in [0.2, 0.25) is 5.91 Å². The van der Waals surface area contributed by atoms with Gasteiger partial charge in [-0.3, -0.25) is 4.79 Å². The maximum absolute atomic E-state index is 13.7. The molecular weight excluding hydrogens is 389 g/mol. The zero-order valence-corrected chi connectivity index (χ0v) is 18.1. The number of hydrogen-bond acceptors (Lipinski definition) is 3. The number of halogens is 1. The van der Waals surface area contributed by atoms with Crippen molar-refractivity contribution in [1.29, 1.82) is 0 Å². The van der Waals surface area contributed by atoms with Crippen LogP contribution in [0.3, 0.4) is 0 Å². The highest BCUT2D eigenvalue weighted by molar-refractivity contribution is 5.80. The minimum Gasteiger partial charge on any atom is -0.362 e. The van der Waals surface area contributed by atoms with Gasteiger partial charge in [0.1, 0.15) is 12.0 Å². The SMILES string of the molecule is O=C(Cc1cccc(F)c1)N(CC1Nc2ccccc2N1C1CCCC1)C1CCCC1. The third kappa shape index (κ3) is 4.28. The van der Waals surface area contributed by atoms with Gasteiger partial charge in [-0.2, -0.15) is 0 Å². The topological polar surface area (TPSA) is 35.6 Å². The lowest BCUT2D eigenvalue weighted by atomic mass is 10.1. The van der Waals surface area contributed by atoms with Crippen LogP contribution in [0.2, 0.25) is 0 Å². The second-order valence-corrected chi connectivity index (χ2v) is 9.31. The van der Waals surface area contributed by atoms with E-state index in [2.05, 4.69) is 39.4 Å². The van der Waals surface area contributed by atoms with Crippen LogP contribution in [0.15, 0.2) is 48.5 Å². The number of anilines is 2. The normalized spacial score (nSPS) is 21.3. The smallest absolute Gasteiger partial charge is 0.227 e. The van der Waals surface area contributed by atoms with Crippen molar-refractivity contribution in [3.63, 3.8) is 0 Å². The summed E-state index contributed by atoms with van der Waals surface area (Å²) in [6.07, 6.45) is 9.84. The van der Waals surface area contributed by atoms with Crippen molar-refractivity contribution >= 4 is 17.3 Å². The molecule has 1 unspecified atom stereocenters. The Bertz CT molecular complexity index is 920. The molecule has 5 rings (SSSR count). The van der Waals surface area contributed by atoms with E-state index in [0.29, 0.717) is 12.6 Å². The summed E-state index contributed by atoms with van der Waals surface area (Å²) < 4.78 is 13.7. The molecular formula is C26H32FN3O. The predicted octanol–water partition coefficient (Wildman–Crippen LogP) is 5.34. The van der Waals surface area contributed by atoms with Crippen LogP contribution in [-0.2, 0) is 11.2 Å². The number of nitrogens with zero attached hydrogens (tertiary/aromatic N) is 2. The number of amides is 1. The number of hydrogen-bond donors (Lipinski definition) is 1. The highest BCUT2D eigenvalue weighted by atomic mass is 19.1. The maximum atomic E-state index is 13.7. The van der Waals surface area contributed by atoms with Gasteiger partial charge in [-0.05, 0) is 55.5 Å². The zero-order valence-electron chi connectivity index (χ0n) is 18.1. The van der Waals surface area contributed by atoms with Crippen molar-refractivity contribution in [2.75, 3.05) is 16.8 Å². The molecule has 5 heteroatoms. The Morgan fingerprint density at radius 3 is 2.52 bits per heavy atom. The first-order valence-corrected chi connectivity index (χ1v) is 11.9. The average molecular weight is 422 g/mol. The fourth-order valence-electron chi connectivity index (χ4n) is 5.78. The number of carbonyl (C=O) groups excluding carboxylic acids is 1. The largest absolute Gasteiger partial charge is 0.362 e. The number of benzene rings is 2. The van der Waals surface area contributed by atoms with Gasteiger partial charge in [0.15, 0.2) is 0 Å². The Balaban J connectivity index is 1.38. The summed E-state index contributed by atoms with van der Waals surface area (Å²) in [6.45, 7) is 0.671. The number of rotatable bonds is 6. The van der Waals surface area contributed by atoms with Crippen LogP contribution in [0, 0.1) is 5.82 Å². The van der Waals surface area contributed by atoms with E-state index >= 15 is 0 Å². The van der Waals surface area contributed by atoms with Gasteiger partial charge in [0, 0.05) is 12.1 Å². The van der Waals surface area contributed by atoms with Gasteiger partial charge in [-0.1, -0.05) is 49.9 Å². The molecule has 0 aromatic heterocycles. The number of para-hydroxylation sites is 2. The second-order valence-electron chi connectivity index (χ2n) is 9.31. The van der Waals surface area contributed by atoms with Gasteiger partial charge >= 0.3 is 0 Å². The Hall–Kier alpha value is -2.56. The van der Waals surface area contributed by atoms with E-state index in [-0.39, 0.29) is 30.4 Å². The van der Waals surface area contributed by atoms with E-state index in [1.807, 2.05) is 6.07 Å². The first-order valence-electron chi connectivity index (χ1n) is 11.9. The second kappa shape index (κ2) is 8.89. The van der Waals surface area contributed by atoms with Gasteiger partial charge < -0.3 is 15.1 Å². The van der Waals surface area contributed by atoms with E-state index in [0.717, 1.165) is 18.4 Å². The number of nitrogens with one attached hydrogen (secondary N) is 1. The highest BCUT2D eigenvalue weighted by Crippen LogP contribution is 2.40. The van der Waals surface area contributed by atoms with Crippen molar-refractivity contribution in [2.24, 2.45) is 0 Å². The molecule has 0 radical (unpaired) electrons. The van der Waals surface area contributed by atoms with Gasteiger partial charge in [0.05, 0.1) is 24.3 Å². The first-order chi connectivity index (χ1) is 15.2. The molecule has 164 valence electrons. The molecule has 1 amide bonds. The van der Waals surface area contributed by atoms with Crippen LogP contribution in [0.5, 0.6) is 0 Å². The van der Waals surface area contributed by atoms with Gasteiger partial charge in [0.25, 0.3) is 0 Å². The molecule has 2 aromatic rings. The van der Waals surface area contributed by atoms with E-state index in [1.165, 1.54) is 62.0 Å². The maximum Gasteiger partial charge on any atom is 0.227 e. The summed E-state index contributed by atoms with van der Waals surface area (Å²) >= 11 is 0. The molecule has 1 N–H and O–H groups in total. The monoisotopic (exact) mass is 421 g/mol. The standard InChI is InChI=1S/C26H32FN3O/c27-20-9-7-8-19(16-20)17-26(31)29(21-10-1-2-11-21)18-25-28-23-14-5-6-15-24(23)30(25)22-12-3-4-13-22/h5-9,14-16,21-22,25,28H,1-4,10-13,17-18H2. The molecule has 1 atom stereocenters. The Labute approximate surface area is 184 Å². The third-order valence-corrected chi connectivity index (χ3v) is 7.26. The number of fused-ring (bicyclic) bond motifs is 1. The fraction of sp³-hybridized carbons (Fsp3) is 0.500. The Kier molecular flexibility index (Phi) is 5.84. The Morgan fingerprint density at radius 1 is 1.00 bits per heavy atom. The molecule has 31 heavy (non-hydrogen) atoms. The van der Waals surface area contributed by atoms with Crippen molar-refractivity contribution < 1.29 is 9.18 Å². The molecule has 1 heterocycles. The summed E-state index contributed by atoms with van der Waals surface area (Å²) in [5.41, 5.74) is 3.19. The van der Waals surface area contributed by atoms with Crippen LogP contribution in [0.25, 0.3) is 0 Å². The van der Waals surface area contributed by atoms with Crippen molar-refractivity contribution in [1.82, 2.24) is 4.90 Å². The molecule has 2 aromatic carbocycles. The lowest BCUT2D eigenvalue weighted by molar-refractivity contribution is -0.132. The molecule has 4 nitrogen and oxygen atoms in total. The van der Waals surface area contributed by atoms with E-state index in [4.69, 9.17) is 0 Å². The average Bonchev–Trinajstić information content (AvgIpc) is 3.52. The van der Waals surface area contributed by atoms with Crippen molar-refractivity contribution in [3.05, 3.63) is 59.9 Å². The summed E-state index contributed by atoms with van der Waals surface area (Å²) in [4.78, 5) is 18.1. The fourth-order valence-corrected chi connectivity index (χ4v) is 5.78. The lowest BCUT2D eigenvalue weighted by Crippen LogP contribution is -2.53. The summed E-state index contributed by atoms with van der Waals surface area (Å²) in [7, 11) is 0. The molecule has 2 aliphatic carbocycles. The first kappa shape index (κ1) is 20.3. The van der Waals surface area contributed by atoms with Crippen LogP contribution in [-0.4, -0.2) is 35.6 Å². The van der Waals surface area contributed by atoms with Crippen LogP contribution >= 0.6 is 0 Å². The molecule has 2 saturated carbocycles. The summed E-state index contributed by atoms with van der Waals surface area (Å²) in [5.74, 6) is -0.167. The molecule has 1 aliphatic heterocycles. The van der Waals surface area contributed by atoms with E-state index in [9.17, 15) is 9.18 Å². The summed E-state index contributed by atoms with van der Waals surface area (Å²) in [5, 5.41) is 3.72. The van der Waals surface area contributed by atoms with Crippen LogP contribution < -0.4 is 10.2 Å². The minimum atomic E-state index is -0.280. The predicted molar refractivity (Wildman–Crippen MR) is 123 cm³/mol. The highest BCUT2D eigenvalue weighted by Gasteiger charge is 2.38. The van der Waals surface area contributed by atoms with E-state index in [1.54, 1.807) is 6.07 Å². The summed E-state index contributed by atoms with van der Waals surface area (Å²) in [6, 6.07) is 15.8. The minimum absolute atomic E-state index is 0.0950. The molecule has 0 spiro atoms. The number of carbonyl (C=O) groups is 1. The van der Waals surface area contributed by atoms with Crippen LogP contribution in [0.4, 0.5) is 15.8 Å². The molecule has 3 aliphatic rings. The van der Waals surface area contributed by atoms with Crippen molar-refractivity contribution in [2.45, 2.75) is 76.0 Å². The zero-order chi connectivity index (χ0) is 21.2. The van der Waals surface area contributed by atoms with Gasteiger partial charge in [-0.25, -0.2) is 4.39 Å². The quantitative estimate of drug-likeness (QED) is 0.684. The van der Waals surface area contributed by atoms with E-state index < -0.39 is 0 Å². The third-order valence-electron chi connectivity index (χ3n) is 7.26. The van der Waals surface area contributed by atoms with Crippen LogP contribution in [0.1, 0.15) is 56.9 Å². The molecule has 0 bridgehead atoms.